The summed E-state index contributed by atoms with van der Waals surface area (Å²) in [4.78, 5) is 12.7. The fourth-order valence-electron chi connectivity index (χ4n) is 2.42. The minimum absolute atomic E-state index is 0.0534. The van der Waals surface area contributed by atoms with Gasteiger partial charge in [-0.2, -0.15) is 13.2 Å². The molecule has 1 aromatic carbocycles. The summed E-state index contributed by atoms with van der Waals surface area (Å²) < 4.78 is 39.4. The van der Waals surface area contributed by atoms with Crippen molar-refractivity contribution in [3.8, 4) is 0 Å². The molecule has 0 spiro atoms. The van der Waals surface area contributed by atoms with E-state index in [-0.39, 0.29) is 17.3 Å². The molecular weight excluding hydrogens is 271 g/mol. The van der Waals surface area contributed by atoms with Gasteiger partial charge in [-0.05, 0) is 31.0 Å². The van der Waals surface area contributed by atoms with Crippen LogP contribution in [-0.4, -0.2) is 25.0 Å². The minimum Gasteiger partial charge on any atom is -0.369 e. The maximum Gasteiger partial charge on any atom is 0.418 e. The van der Waals surface area contributed by atoms with Crippen molar-refractivity contribution in [2.24, 2.45) is 11.5 Å². The summed E-state index contributed by atoms with van der Waals surface area (Å²) >= 11 is 0. The number of amides is 1. The van der Waals surface area contributed by atoms with Crippen molar-refractivity contribution < 1.29 is 18.0 Å². The van der Waals surface area contributed by atoms with Crippen molar-refractivity contribution in [1.29, 1.82) is 0 Å². The van der Waals surface area contributed by atoms with Crippen molar-refractivity contribution in [2.45, 2.75) is 25.1 Å². The molecule has 0 aromatic heterocycles. The molecule has 110 valence electrons. The van der Waals surface area contributed by atoms with Crippen molar-refractivity contribution in [2.75, 3.05) is 18.0 Å². The Hall–Kier alpha value is -1.76. The summed E-state index contributed by atoms with van der Waals surface area (Å²) in [6.07, 6.45) is -2.99. The van der Waals surface area contributed by atoms with Crippen molar-refractivity contribution >= 4 is 11.6 Å². The minimum atomic E-state index is -4.54. The Morgan fingerprint density at radius 2 is 2.05 bits per heavy atom. The van der Waals surface area contributed by atoms with Crippen LogP contribution >= 0.6 is 0 Å². The third kappa shape index (κ3) is 3.04. The second kappa shape index (κ2) is 5.32. The number of halogens is 3. The molecule has 1 fully saturated rings. The van der Waals surface area contributed by atoms with E-state index in [4.69, 9.17) is 11.5 Å². The molecular formula is C13H16F3N3O. The molecule has 1 saturated heterocycles. The van der Waals surface area contributed by atoms with Gasteiger partial charge in [-0.25, -0.2) is 0 Å². The highest BCUT2D eigenvalue weighted by Crippen LogP contribution is 2.38. The monoisotopic (exact) mass is 287 g/mol. The van der Waals surface area contributed by atoms with Gasteiger partial charge < -0.3 is 16.4 Å². The van der Waals surface area contributed by atoms with Crippen LogP contribution in [0, 0.1) is 0 Å². The Morgan fingerprint density at radius 1 is 1.35 bits per heavy atom. The summed E-state index contributed by atoms with van der Waals surface area (Å²) in [5.41, 5.74) is 9.90. The zero-order valence-electron chi connectivity index (χ0n) is 10.8. The van der Waals surface area contributed by atoms with Crippen LogP contribution in [-0.2, 0) is 6.18 Å². The highest BCUT2D eigenvalue weighted by atomic mass is 19.4. The SMILES string of the molecule is NC(=O)c1ccc(N2CCC[C@H](N)C2)c(C(F)(F)F)c1. The van der Waals surface area contributed by atoms with Crippen LogP contribution in [0.1, 0.15) is 28.8 Å². The lowest BCUT2D eigenvalue weighted by Crippen LogP contribution is -2.43. The topological polar surface area (TPSA) is 72.4 Å². The number of anilines is 1. The number of benzene rings is 1. The van der Waals surface area contributed by atoms with Crippen LogP contribution in [0.15, 0.2) is 18.2 Å². The molecule has 0 bridgehead atoms. The van der Waals surface area contributed by atoms with E-state index >= 15 is 0 Å². The molecule has 1 heterocycles. The van der Waals surface area contributed by atoms with Gasteiger partial charge in [0.05, 0.1) is 5.56 Å². The van der Waals surface area contributed by atoms with Crippen LogP contribution < -0.4 is 16.4 Å². The highest BCUT2D eigenvalue weighted by Gasteiger charge is 2.36. The van der Waals surface area contributed by atoms with Gasteiger partial charge in [0.2, 0.25) is 5.91 Å². The quantitative estimate of drug-likeness (QED) is 0.870. The Morgan fingerprint density at radius 3 is 2.60 bits per heavy atom. The van der Waals surface area contributed by atoms with Crippen LogP contribution in [0.5, 0.6) is 0 Å². The Labute approximate surface area is 114 Å². The molecule has 1 aliphatic heterocycles. The number of nitrogens with zero attached hydrogens (tertiary/aromatic N) is 1. The largest absolute Gasteiger partial charge is 0.418 e. The summed E-state index contributed by atoms with van der Waals surface area (Å²) in [5.74, 6) is -0.877. The summed E-state index contributed by atoms with van der Waals surface area (Å²) in [7, 11) is 0. The van der Waals surface area contributed by atoms with E-state index in [0.717, 1.165) is 18.9 Å². The van der Waals surface area contributed by atoms with E-state index in [0.29, 0.717) is 13.1 Å². The first-order valence-electron chi connectivity index (χ1n) is 6.30. The number of piperidine rings is 1. The third-order valence-corrected chi connectivity index (χ3v) is 3.39. The number of hydrogen-bond donors (Lipinski definition) is 2. The normalized spacial score (nSPS) is 20.0. The number of carbonyl (C=O) groups is 1. The molecule has 1 amide bonds. The zero-order chi connectivity index (χ0) is 14.9. The Kier molecular flexibility index (Phi) is 3.89. The number of alkyl halides is 3. The van der Waals surface area contributed by atoms with E-state index < -0.39 is 17.6 Å². The van der Waals surface area contributed by atoms with Gasteiger partial charge >= 0.3 is 6.18 Å². The predicted octanol–water partition coefficient (Wildman–Crippen LogP) is 1.73. The van der Waals surface area contributed by atoms with E-state index in [1.165, 1.54) is 12.1 Å². The molecule has 0 saturated carbocycles. The van der Waals surface area contributed by atoms with E-state index in [1.807, 2.05) is 0 Å². The first-order chi connectivity index (χ1) is 9.29. The fourth-order valence-corrected chi connectivity index (χ4v) is 2.42. The summed E-state index contributed by atoms with van der Waals surface area (Å²) in [6.45, 7) is 0.895. The van der Waals surface area contributed by atoms with Gasteiger partial charge in [0, 0.05) is 30.4 Å². The third-order valence-electron chi connectivity index (χ3n) is 3.39. The maximum absolute atomic E-state index is 13.1. The zero-order valence-corrected chi connectivity index (χ0v) is 10.8. The number of primary amides is 1. The smallest absolute Gasteiger partial charge is 0.369 e. The number of rotatable bonds is 2. The molecule has 1 aliphatic rings. The molecule has 0 aliphatic carbocycles. The number of hydrogen-bond acceptors (Lipinski definition) is 3. The van der Waals surface area contributed by atoms with Crippen LogP contribution in [0.3, 0.4) is 0 Å². The van der Waals surface area contributed by atoms with Gasteiger partial charge in [-0.15, -0.1) is 0 Å². The van der Waals surface area contributed by atoms with Crippen molar-refractivity contribution in [3.63, 3.8) is 0 Å². The molecule has 0 radical (unpaired) electrons. The standard InChI is InChI=1S/C13H16F3N3O/c14-13(15,16)10-6-8(12(18)20)3-4-11(10)19-5-1-2-9(17)7-19/h3-4,6,9H,1-2,5,7,17H2,(H2,18,20)/t9-/m0/s1. The summed E-state index contributed by atoms with van der Waals surface area (Å²) in [5, 5.41) is 0. The molecule has 4 N–H and O–H groups in total. The van der Waals surface area contributed by atoms with Crippen LogP contribution in [0.4, 0.5) is 18.9 Å². The number of nitrogens with two attached hydrogens (primary N) is 2. The fraction of sp³-hybridized carbons (Fsp3) is 0.462. The van der Waals surface area contributed by atoms with Gasteiger partial charge in [-0.3, -0.25) is 4.79 Å². The van der Waals surface area contributed by atoms with E-state index in [1.54, 1.807) is 4.90 Å². The van der Waals surface area contributed by atoms with Crippen molar-refractivity contribution in [3.05, 3.63) is 29.3 Å². The first-order valence-corrected chi connectivity index (χ1v) is 6.30. The second-order valence-corrected chi connectivity index (χ2v) is 4.94. The molecule has 0 unspecified atom stereocenters. The maximum atomic E-state index is 13.1. The molecule has 20 heavy (non-hydrogen) atoms. The number of carbonyl (C=O) groups excluding carboxylic acids is 1. The molecule has 1 atom stereocenters. The first kappa shape index (κ1) is 14.6. The van der Waals surface area contributed by atoms with Crippen molar-refractivity contribution in [1.82, 2.24) is 0 Å². The molecule has 4 nitrogen and oxygen atoms in total. The highest BCUT2D eigenvalue weighted by molar-refractivity contribution is 5.93. The lowest BCUT2D eigenvalue weighted by Gasteiger charge is -2.34. The van der Waals surface area contributed by atoms with Gasteiger partial charge in [-0.1, -0.05) is 0 Å². The Bertz CT molecular complexity index is 516. The summed E-state index contributed by atoms with van der Waals surface area (Å²) in [6, 6.07) is 3.27. The lowest BCUT2D eigenvalue weighted by molar-refractivity contribution is -0.137. The van der Waals surface area contributed by atoms with Gasteiger partial charge in [0.15, 0.2) is 0 Å². The Balaban J connectivity index is 2.43. The molecule has 1 aromatic rings. The van der Waals surface area contributed by atoms with Gasteiger partial charge in [0.1, 0.15) is 0 Å². The predicted molar refractivity (Wildman–Crippen MR) is 69.4 cm³/mol. The molecule has 2 rings (SSSR count). The average molecular weight is 287 g/mol. The average Bonchev–Trinajstić information content (AvgIpc) is 2.37. The van der Waals surface area contributed by atoms with E-state index in [9.17, 15) is 18.0 Å². The van der Waals surface area contributed by atoms with Crippen LogP contribution in [0.25, 0.3) is 0 Å². The lowest BCUT2D eigenvalue weighted by atomic mass is 10.0. The van der Waals surface area contributed by atoms with Crippen LogP contribution in [0.2, 0.25) is 0 Å². The second-order valence-electron chi connectivity index (χ2n) is 4.94. The van der Waals surface area contributed by atoms with Gasteiger partial charge in [0.25, 0.3) is 0 Å². The van der Waals surface area contributed by atoms with E-state index in [2.05, 4.69) is 0 Å². The molecule has 7 heteroatoms.